The minimum Gasteiger partial charge on any atom is -0.383 e. The SMILES string of the molecule is COCCN1C[C@@]2(CCCN(C(=O)c3ccc4nc[nH]c4c3)C2)CCC1=O. The summed E-state index contributed by atoms with van der Waals surface area (Å²) in [5.41, 5.74) is 2.43. The van der Waals surface area contributed by atoms with Gasteiger partial charge in [0.2, 0.25) is 5.91 Å². The Labute approximate surface area is 158 Å². The zero-order valence-corrected chi connectivity index (χ0v) is 15.7. The number of nitrogens with zero attached hydrogens (tertiary/aromatic N) is 3. The summed E-state index contributed by atoms with van der Waals surface area (Å²) in [6.07, 6.45) is 5.10. The molecule has 0 aliphatic carbocycles. The van der Waals surface area contributed by atoms with E-state index in [1.54, 1.807) is 13.4 Å². The predicted molar refractivity (Wildman–Crippen MR) is 101 cm³/mol. The lowest BCUT2D eigenvalue weighted by atomic mass is 9.73. The number of fused-ring (bicyclic) bond motifs is 1. The van der Waals surface area contributed by atoms with Crippen molar-refractivity contribution in [2.45, 2.75) is 25.7 Å². The lowest BCUT2D eigenvalue weighted by Gasteiger charge is -2.48. The lowest BCUT2D eigenvalue weighted by molar-refractivity contribution is -0.139. The highest BCUT2D eigenvalue weighted by Crippen LogP contribution is 2.39. The summed E-state index contributed by atoms with van der Waals surface area (Å²) < 4.78 is 5.15. The van der Waals surface area contributed by atoms with Crippen molar-refractivity contribution in [2.24, 2.45) is 5.41 Å². The number of benzene rings is 1. The first kappa shape index (κ1) is 18.0. The van der Waals surface area contributed by atoms with Gasteiger partial charge in [-0.2, -0.15) is 0 Å². The van der Waals surface area contributed by atoms with Gasteiger partial charge in [0.1, 0.15) is 0 Å². The Morgan fingerprint density at radius 2 is 2.22 bits per heavy atom. The molecule has 1 spiro atoms. The molecule has 0 saturated carbocycles. The van der Waals surface area contributed by atoms with Gasteiger partial charge in [0.05, 0.1) is 24.0 Å². The number of nitrogens with one attached hydrogen (secondary N) is 1. The van der Waals surface area contributed by atoms with E-state index in [2.05, 4.69) is 9.97 Å². The van der Waals surface area contributed by atoms with Crippen LogP contribution < -0.4 is 0 Å². The van der Waals surface area contributed by atoms with Crippen LogP contribution in [-0.4, -0.2) is 71.5 Å². The normalized spacial score (nSPS) is 23.4. The molecule has 1 atom stereocenters. The zero-order chi connectivity index (χ0) is 18.9. The Morgan fingerprint density at radius 1 is 1.33 bits per heavy atom. The summed E-state index contributed by atoms with van der Waals surface area (Å²) in [6.45, 7) is 3.38. The molecule has 27 heavy (non-hydrogen) atoms. The van der Waals surface area contributed by atoms with Crippen LogP contribution in [0.2, 0.25) is 0 Å². The highest BCUT2D eigenvalue weighted by atomic mass is 16.5. The van der Waals surface area contributed by atoms with E-state index in [9.17, 15) is 9.59 Å². The number of likely N-dealkylation sites (tertiary alicyclic amines) is 2. The molecule has 0 unspecified atom stereocenters. The number of hydrogen-bond donors (Lipinski definition) is 1. The quantitative estimate of drug-likeness (QED) is 0.893. The second-order valence-electron chi connectivity index (χ2n) is 7.77. The van der Waals surface area contributed by atoms with Crippen molar-refractivity contribution < 1.29 is 14.3 Å². The number of carbonyl (C=O) groups is 2. The number of H-pyrrole nitrogens is 1. The van der Waals surface area contributed by atoms with Gasteiger partial charge in [0, 0.05) is 50.7 Å². The second kappa shape index (κ2) is 7.31. The Balaban J connectivity index is 1.49. The molecule has 4 rings (SSSR count). The van der Waals surface area contributed by atoms with Crippen molar-refractivity contribution in [3.05, 3.63) is 30.1 Å². The van der Waals surface area contributed by atoms with E-state index in [4.69, 9.17) is 4.74 Å². The minimum atomic E-state index is 0.00759. The van der Waals surface area contributed by atoms with Crippen LogP contribution in [-0.2, 0) is 9.53 Å². The van der Waals surface area contributed by atoms with Crippen molar-refractivity contribution in [1.29, 1.82) is 0 Å². The average Bonchev–Trinajstić information content (AvgIpc) is 3.16. The van der Waals surface area contributed by atoms with Crippen LogP contribution in [0.4, 0.5) is 0 Å². The Morgan fingerprint density at radius 3 is 3.07 bits per heavy atom. The molecule has 0 radical (unpaired) electrons. The molecular formula is C20H26N4O3. The van der Waals surface area contributed by atoms with Crippen molar-refractivity contribution in [2.75, 3.05) is 39.9 Å². The maximum absolute atomic E-state index is 13.1. The first-order chi connectivity index (χ1) is 13.1. The fourth-order valence-corrected chi connectivity index (χ4v) is 4.47. The number of imidazole rings is 1. The number of methoxy groups -OCH3 is 1. The smallest absolute Gasteiger partial charge is 0.253 e. The van der Waals surface area contributed by atoms with Crippen molar-refractivity contribution in [3.63, 3.8) is 0 Å². The van der Waals surface area contributed by atoms with Gasteiger partial charge in [0.25, 0.3) is 5.91 Å². The summed E-state index contributed by atoms with van der Waals surface area (Å²) in [7, 11) is 1.65. The Kier molecular flexibility index (Phi) is 4.86. The van der Waals surface area contributed by atoms with Gasteiger partial charge in [-0.25, -0.2) is 4.98 Å². The number of aromatic nitrogens is 2. The molecule has 2 aliphatic heterocycles. The molecule has 2 amide bonds. The minimum absolute atomic E-state index is 0.00759. The van der Waals surface area contributed by atoms with E-state index in [-0.39, 0.29) is 17.2 Å². The highest BCUT2D eigenvalue weighted by molar-refractivity contribution is 5.97. The van der Waals surface area contributed by atoms with Crippen LogP contribution in [0.1, 0.15) is 36.0 Å². The number of ether oxygens (including phenoxy) is 1. The number of hydrogen-bond acceptors (Lipinski definition) is 4. The largest absolute Gasteiger partial charge is 0.383 e. The Hall–Kier alpha value is -2.41. The van der Waals surface area contributed by atoms with Crippen LogP contribution in [0.15, 0.2) is 24.5 Å². The van der Waals surface area contributed by atoms with Gasteiger partial charge in [-0.1, -0.05) is 0 Å². The van der Waals surface area contributed by atoms with Crippen LogP contribution in [0.3, 0.4) is 0 Å². The van der Waals surface area contributed by atoms with Crippen LogP contribution in [0.25, 0.3) is 11.0 Å². The lowest BCUT2D eigenvalue weighted by Crippen LogP contribution is -2.55. The number of aromatic amines is 1. The third-order valence-electron chi connectivity index (χ3n) is 5.93. The standard InChI is InChI=1S/C20H26N4O3/c1-27-10-9-23-12-20(7-5-18(23)25)6-2-8-24(13-20)19(26)15-3-4-16-17(11-15)22-14-21-16/h3-4,11,14H,2,5-10,12-13H2,1H3,(H,21,22)/t20-/m1/s1. The topological polar surface area (TPSA) is 78.5 Å². The number of amides is 2. The summed E-state index contributed by atoms with van der Waals surface area (Å²) >= 11 is 0. The number of carbonyl (C=O) groups excluding carboxylic acids is 2. The van der Waals surface area contributed by atoms with Gasteiger partial charge in [-0.3, -0.25) is 9.59 Å². The van der Waals surface area contributed by atoms with Crippen molar-refractivity contribution in [1.82, 2.24) is 19.8 Å². The molecule has 144 valence electrons. The van der Waals surface area contributed by atoms with E-state index < -0.39 is 0 Å². The summed E-state index contributed by atoms with van der Waals surface area (Å²) in [5.74, 6) is 0.261. The van der Waals surface area contributed by atoms with Gasteiger partial charge in [-0.15, -0.1) is 0 Å². The van der Waals surface area contributed by atoms with Gasteiger partial charge in [0.15, 0.2) is 0 Å². The van der Waals surface area contributed by atoms with Gasteiger partial charge < -0.3 is 19.5 Å². The van der Waals surface area contributed by atoms with E-state index >= 15 is 0 Å². The van der Waals surface area contributed by atoms with E-state index in [1.807, 2.05) is 28.0 Å². The fourth-order valence-electron chi connectivity index (χ4n) is 4.47. The molecule has 2 fully saturated rings. The summed E-state index contributed by atoms with van der Waals surface area (Å²) in [5, 5.41) is 0. The Bertz CT molecular complexity index is 849. The molecule has 7 nitrogen and oxygen atoms in total. The average molecular weight is 370 g/mol. The maximum Gasteiger partial charge on any atom is 0.253 e. The third kappa shape index (κ3) is 3.56. The molecule has 1 N–H and O–H groups in total. The van der Waals surface area contributed by atoms with Gasteiger partial charge >= 0.3 is 0 Å². The molecule has 1 aromatic carbocycles. The summed E-state index contributed by atoms with van der Waals surface area (Å²) in [6, 6.07) is 5.61. The highest BCUT2D eigenvalue weighted by Gasteiger charge is 2.42. The molecule has 2 saturated heterocycles. The van der Waals surface area contributed by atoms with E-state index in [1.165, 1.54) is 0 Å². The first-order valence-electron chi connectivity index (χ1n) is 9.59. The van der Waals surface area contributed by atoms with Crippen molar-refractivity contribution in [3.8, 4) is 0 Å². The molecule has 0 bridgehead atoms. The van der Waals surface area contributed by atoms with Crippen LogP contribution in [0, 0.1) is 5.41 Å². The molecule has 2 aliphatic rings. The van der Waals surface area contributed by atoms with E-state index in [0.717, 1.165) is 43.4 Å². The fraction of sp³-hybridized carbons (Fsp3) is 0.550. The number of rotatable bonds is 4. The first-order valence-corrected chi connectivity index (χ1v) is 9.59. The summed E-state index contributed by atoms with van der Waals surface area (Å²) in [4.78, 5) is 36.5. The van der Waals surface area contributed by atoms with Gasteiger partial charge in [-0.05, 0) is 37.5 Å². The third-order valence-corrected chi connectivity index (χ3v) is 5.93. The van der Waals surface area contributed by atoms with E-state index in [0.29, 0.717) is 31.7 Å². The van der Waals surface area contributed by atoms with Crippen LogP contribution in [0.5, 0.6) is 0 Å². The molecular weight excluding hydrogens is 344 g/mol. The zero-order valence-electron chi connectivity index (χ0n) is 15.7. The van der Waals surface area contributed by atoms with Crippen molar-refractivity contribution >= 4 is 22.8 Å². The second-order valence-corrected chi connectivity index (χ2v) is 7.77. The molecule has 3 heterocycles. The van der Waals surface area contributed by atoms with Crippen LogP contribution >= 0.6 is 0 Å². The maximum atomic E-state index is 13.1. The molecule has 7 heteroatoms. The number of piperidine rings is 2. The molecule has 2 aromatic rings. The predicted octanol–water partition coefficient (Wildman–Crippen LogP) is 2.05. The molecule has 1 aromatic heterocycles. The monoisotopic (exact) mass is 370 g/mol.